The average molecular weight is 418 g/mol. The number of pyridine rings is 1. The van der Waals surface area contributed by atoms with Crippen molar-refractivity contribution in [1.82, 2.24) is 14.8 Å². The van der Waals surface area contributed by atoms with E-state index in [0.29, 0.717) is 17.2 Å². The smallest absolute Gasteiger partial charge is 0.262 e. The van der Waals surface area contributed by atoms with Crippen molar-refractivity contribution in [2.45, 2.75) is 27.2 Å². The van der Waals surface area contributed by atoms with Crippen LogP contribution in [0.25, 0.3) is 16.7 Å². The molecule has 6 nitrogen and oxygen atoms in total. The summed E-state index contributed by atoms with van der Waals surface area (Å²) in [7, 11) is 0. The molecule has 0 saturated heterocycles. The van der Waals surface area contributed by atoms with Crippen LogP contribution in [0.2, 0.25) is 0 Å². The normalized spacial score (nSPS) is 11.0. The van der Waals surface area contributed by atoms with Gasteiger partial charge in [-0.2, -0.15) is 10.1 Å². The number of halogens is 1. The lowest BCUT2D eigenvalue weighted by Gasteiger charge is -2.10. The van der Waals surface area contributed by atoms with Crippen LogP contribution in [0.3, 0.4) is 0 Å². The van der Waals surface area contributed by atoms with Crippen molar-refractivity contribution in [3.05, 3.63) is 77.2 Å². The van der Waals surface area contributed by atoms with Crippen molar-refractivity contribution in [3.8, 4) is 11.6 Å². The summed E-state index contributed by atoms with van der Waals surface area (Å²) in [5.41, 5.74) is 5.20. The van der Waals surface area contributed by atoms with Gasteiger partial charge in [0.25, 0.3) is 5.91 Å². The second kappa shape index (κ2) is 8.55. The molecule has 0 aliphatic rings. The molecule has 0 bridgehead atoms. The molecule has 4 aromatic rings. The number of aromatic nitrogens is 3. The zero-order valence-electron chi connectivity index (χ0n) is 17.6. The Hall–Kier alpha value is -3.74. The number of carbonyl (C=O) groups is 1. The van der Waals surface area contributed by atoms with Crippen molar-refractivity contribution in [2.24, 2.45) is 0 Å². The van der Waals surface area contributed by atoms with Crippen molar-refractivity contribution >= 4 is 22.6 Å². The molecule has 4 rings (SSSR count). The molecule has 0 saturated carbocycles. The largest absolute Gasteiger partial charge is 0.467 e. The number of carbonyl (C=O) groups excluding carboxylic acids is 1. The Morgan fingerprint density at radius 2 is 1.81 bits per heavy atom. The fourth-order valence-corrected chi connectivity index (χ4v) is 3.44. The molecule has 0 unspecified atom stereocenters. The summed E-state index contributed by atoms with van der Waals surface area (Å²) >= 11 is 0. The molecule has 2 heterocycles. The number of benzene rings is 2. The van der Waals surface area contributed by atoms with Crippen LogP contribution in [0, 0.1) is 19.7 Å². The van der Waals surface area contributed by atoms with Crippen LogP contribution >= 0.6 is 0 Å². The Kier molecular flexibility index (Phi) is 5.66. The lowest BCUT2D eigenvalue weighted by Crippen LogP contribution is -2.20. The summed E-state index contributed by atoms with van der Waals surface area (Å²) < 4.78 is 20.5. The van der Waals surface area contributed by atoms with Crippen molar-refractivity contribution in [3.63, 3.8) is 0 Å². The maximum Gasteiger partial charge on any atom is 0.262 e. The summed E-state index contributed by atoms with van der Waals surface area (Å²) in [6.45, 7) is 5.84. The highest BCUT2D eigenvalue weighted by Gasteiger charge is 2.16. The van der Waals surface area contributed by atoms with E-state index in [9.17, 15) is 9.18 Å². The van der Waals surface area contributed by atoms with E-state index in [2.05, 4.69) is 22.3 Å². The molecule has 0 fully saturated rings. The van der Waals surface area contributed by atoms with Crippen LogP contribution in [-0.4, -0.2) is 27.3 Å². The number of hydrogen-bond donors (Lipinski definition) is 1. The quantitative estimate of drug-likeness (QED) is 0.490. The van der Waals surface area contributed by atoms with Gasteiger partial charge in [0.2, 0.25) is 5.88 Å². The van der Waals surface area contributed by atoms with Crippen LogP contribution in [0.5, 0.6) is 5.88 Å². The third-order valence-corrected chi connectivity index (χ3v) is 5.01. The van der Waals surface area contributed by atoms with Crippen LogP contribution in [0.4, 0.5) is 10.1 Å². The highest BCUT2D eigenvalue weighted by atomic mass is 19.1. The number of hydrogen-bond acceptors (Lipinski definition) is 4. The molecular weight excluding hydrogens is 395 g/mol. The Labute approximate surface area is 179 Å². The predicted molar refractivity (Wildman–Crippen MR) is 118 cm³/mol. The van der Waals surface area contributed by atoms with E-state index in [1.807, 2.05) is 44.2 Å². The van der Waals surface area contributed by atoms with Gasteiger partial charge in [0, 0.05) is 17.1 Å². The number of anilines is 1. The van der Waals surface area contributed by atoms with E-state index in [-0.39, 0.29) is 18.3 Å². The van der Waals surface area contributed by atoms with Gasteiger partial charge in [-0.15, -0.1) is 0 Å². The van der Waals surface area contributed by atoms with Crippen molar-refractivity contribution in [2.75, 3.05) is 11.9 Å². The number of aryl methyl sites for hydroxylation is 3. The minimum Gasteiger partial charge on any atom is -0.467 e. The topological polar surface area (TPSA) is 69.0 Å². The first-order chi connectivity index (χ1) is 14.9. The summed E-state index contributed by atoms with van der Waals surface area (Å²) in [5.74, 6) is -0.360. The molecule has 0 aliphatic heterocycles. The number of amides is 1. The molecule has 0 atom stereocenters. The van der Waals surface area contributed by atoms with E-state index in [0.717, 1.165) is 34.3 Å². The average Bonchev–Trinajstić information content (AvgIpc) is 3.10. The molecule has 0 spiro atoms. The molecule has 1 amide bonds. The SMILES string of the molecule is CCc1cc(OCC(=O)Nc2ccc(F)cc2)nc2c1c(C)nn2-c1ccc(C)cc1. The Bertz CT molecular complexity index is 1230. The third kappa shape index (κ3) is 4.40. The highest BCUT2D eigenvalue weighted by Crippen LogP contribution is 2.27. The van der Waals surface area contributed by atoms with E-state index >= 15 is 0 Å². The Balaban J connectivity index is 1.60. The molecule has 1 N–H and O–H groups in total. The fourth-order valence-electron chi connectivity index (χ4n) is 3.44. The molecule has 0 aliphatic carbocycles. The van der Waals surface area contributed by atoms with Crippen molar-refractivity contribution in [1.29, 1.82) is 0 Å². The molecule has 31 heavy (non-hydrogen) atoms. The predicted octanol–water partition coefficient (Wildman–Crippen LogP) is 4.76. The van der Waals surface area contributed by atoms with E-state index < -0.39 is 0 Å². The third-order valence-electron chi connectivity index (χ3n) is 5.01. The molecule has 2 aromatic carbocycles. The van der Waals surface area contributed by atoms with Crippen LogP contribution in [0.1, 0.15) is 23.7 Å². The van der Waals surface area contributed by atoms with E-state index in [4.69, 9.17) is 4.74 Å². The zero-order chi connectivity index (χ0) is 22.0. The zero-order valence-corrected chi connectivity index (χ0v) is 17.6. The summed E-state index contributed by atoms with van der Waals surface area (Å²) in [5, 5.41) is 8.35. The van der Waals surface area contributed by atoms with Gasteiger partial charge in [-0.25, -0.2) is 9.07 Å². The molecular formula is C24H23FN4O2. The minimum absolute atomic E-state index is 0.212. The van der Waals surface area contributed by atoms with Gasteiger partial charge in [0.05, 0.1) is 11.4 Å². The van der Waals surface area contributed by atoms with Gasteiger partial charge < -0.3 is 10.1 Å². The van der Waals surface area contributed by atoms with Gasteiger partial charge in [-0.05, 0) is 62.2 Å². The molecule has 2 aromatic heterocycles. The highest BCUT2D eigenvalue weighted by molar-refractivity contribution is 5.92. The van der Waals surface area contributed by atoms with Crippen LogP contribution in [0.15, 0.2) is 54.6 Å². The lowest BCUT2D eigenvalue weighted by molar-refractivity contribution is -0.118. The second-order valence-corrected chi connectivity index (χ2v) is 7.35. The summed E-state index contributed by atoms with van der Waals surface area (Å²) in [4.78, 5) is 16.9. The standard InChI is InChI=1S/C24H23FN4O2/c1-4-17-13-22(31-14-21(30)26-19-9-7-18(25)8-10-19)27-24-23(17)16(3)28-29(24)20-11-5-15(2)6-12-20/h5-13H,4,14H2,1-3H3,(H,26,30). The van der Waals surface area contributed by atoms with Gasteiger partial charge in [0.15, 0.2) is 12.3 Å². The number of fused-ring (bicyclic) bond motifs is 1. The number of ether oxygens (including phenoxy) is 1. The summed E-state index contributed by atoms with van der Waals surface area (Å²) in [6, 6.07) is 15.5. The first-order valence-corrected chi connectivity index (χ1v) is 10.1. The molecule has 0 radical (unpaired) electrons. The summed E-state index contributed by atoms with van der Waals surface area (Å²) in [6.07, 6.45) is 0.775. The maximum atomic E-state index is 13.0. The first kappa shape index (κ1) is 20.5. The number of rotatable bonds is 6. The Morgan fingerprint density at radius 1 is 1.10 bits per heavy atom. The van der Waals surface area contributed by atoms with E-state index in [1.54, 1.807) is 4.68 Å². The number of nitrogens with one attached hydrogen (secondary N) is 1. The maximum absolute atomic E-state index is 13.0. The van der Waals surface area contributed by atoms with Gasteiger partial charge in [0.1, 0.15) is 5.82 Å². The van der Waals surface area contributed by atoms with Crippen LogP contribution in [-0.2, 0) is 11.2 Å². The second-order valence-electron chi connectivity index (χ2n) is 7.35. The van der Waals surface area contributed by atoms with Gasteiger partial charge in [-0.1, -0.05) is 24.6 Å². The molecule has 7 heteroatoms. The molecule has 158 valence electrons. The van der Waals surface area contributed by atoms with Crippen LogP contribution < -0.4 is 10.1 Å². The number of nitrogens with zero attached hydrogens (tertiary/aromatic N) is 3. The first-order valence-electron chi connectivity index (χ1n) is 10.1. The van der Waals surface area contributed by atoms with E-state index in [1.165, 1.54) is 24.3 Å². The van der Waals surface area contributed by atoms with Gasteiger partial charge >= 0.3 is 0 Å². The fraction of sp³-hybridized carbons (Fsp3) is 0.208. The lowest BCUT2D eigenvalue weighted by atomic mass is 10.1. The van der Waals surface area contributed by atoms with Gasteiger partial charge in [-0.3, -0.25) is 4.79 Å². The monoisotopic (exact) mass is 418 g/mol. The minimum atomic E-state index is -0.362. The van der Waals surface area contributed by atoms with Crippen molar-refractivity contribution < 1.29 is 13.9 Å². The Morgan fingerprint density at radius 3 is 2.48 bits per heavy atom.